The van der Waals surface area contributed by atoms with Crippen LogP contribution in [-0.4, -0.2) is 45.0 Å². The number of anilines is 1. The van der Waals surface area contributed by atoms with Crippen molar-refractivity contribution in [2.45, 2.75) is 39.5 Å². The molecule has 0 aliphatic heterocycles. The summed E-state index contributed by atoms with van der Waals surface area (Å²) in [6.45, 7) is 3.36. The number of fused-ring (bicyclic) bond motifs is 1. The zero-order chi connectivity index (χ0) is 26.5. The Hall–Kier alpha value is -4.14. The molecule has 3 aromatic carbocycles. The van der Waals surface area contributed by atoms with Crippen molar-refractivity contribution in [3.63, 3.8) is 0 Å². The Bertz CT molecular complexity index is 1450. The molecule has 0 atom stereocenters. The molecule has 0 radical (unpaired) electrons. The maximum atomic E-state index is 13.0. The van der Waals surface area contributed by atoms with E-state index in [4.69, 9.17) is 0 Å². The predicted octanol–water partition coefficient (Wildman–Crippen LogP) is 3.89. The van der Waals surface area contributed by atoms with Gasteiger partial charge in [0.15, 0.2) is 5.78 Å². The molecule has 4 aromatic rings. The summed E-state index contributed by atoms with van der Waals surface area (Å²) >= 11 is 0. The minimum atomic E-state index is -0.217. The Morgan fingerprint density at radius 1 is 0.892 bits per heavy atom. The highest BCUT2D eigenvalue weighted by Gasteiger charge is 2.15. The zero-order valence-electron chi connectivity index (χ0n) is 21.1. The first-order valence-electron chi connectivity index (χ1n) is 12.1. The molecule has 1 aromatic heterocycles. The van der Waals surface area contributed by atoms with Crippen molar-refractivity contribution in [3.05, 3.63) is 88.5 Å². The van der Waals surface area contributed by atoms with E-state index in [9.17, 15) is 19.8 Å². The zero-order valence-corrected chi connectivity index (χ0v) is 21.1. The number of aromatic nitrogens is 2. The van der Waals surface area contributed by atoms with Crippen LogP contribution in [0.4, 0.5) is 5.95 Å². The molecule has 8 heteroatoms. The number of benzene rings is 3. The molecule has 1 amide bonds. The van der Waals surface area contributed by atoms with Gasteiger partial charge in [-0.15, -0.1) is 0 Å². The van der Waals surface area contributed by atoms with Crippen molar-refractivity contribution in [1.82, 2.24) is 15.3 Å². The summed E-state index contributed by atoms with van der Waals surface area (Å²) in [6, 6.07) is 17.8. The molecular formula is C29H30N4O4. The van der Waals surface area contributed by atoms with Gasteiger partial charge in [-0.1, -0.05) is 30.3 Å². The van der Waals surface area contributed by atoms with Crippen LogP contribution in [0, 0.1) is 0 Å². The van der Waals surface area contributed by atoms with Gasteiger partial charge < -0.3 is 20.8 Å². The Morgan fingerprint density at radius 2 is 1.57 bits per heavy atom. The number of nitrogens with one attached hydrogen (secondary N) is 2. The number of amides is 1. The first kappa shape index (κ1) is 25.9. The fourth-order valence-corrected chi connectivity index (χ4v) is 4.16. The monoisotopic (exact) mass is 498 g/mol. The van der Waals surface area contributed by atoms with E-state index in [-0.39, 0.29) is 37.4 Å². The number of carbonyl (C=O) groups is 2. The second-order valence-electron chi connectivity index (χ2n) is 9.11. The number of nitrogens with zero attached hydrogens (tertiary/aromatic N) is 2. The van der Waals surface area contributed by atoms with Crippen LogP contribution in [0.3, 0.4) is 0 Å². The van der Waals surface area contributed by atoms with Crippen molar-refractivity contribution in [3.8, 4) is 11.3 Å². The van der Waals surface area contributed by atoms with Gasteiger partial charge in [0.1, 0.15) is 0 Å². The summed E-state index contributed by atoms with van der Waals surface area (Å²) in [5, 5.41) is 26.0. The van der Waals surface area contributed by atoms with Crippen LogP contribution < -0.4 is 10.6 Å². The quantitative estimate of drug-likeness (QED) is 0.258. The van der Waals surface area contributed by atoms with Crippen LogP contribution >= 0.6 is 0 Å². The summed E-state index contributed by atoms with van der Waals surface area (Å²) in [7, 11) is 1.73. The first-order valence-corrected chi connectivity index (χ1v) is 12.1. The van der Waals surface area contributed by atoms with Crippen molar-refractivity contribution < 1.29 is 19.8 Å². The molecular weight excluding hydrogens is 468 g/mol. The maximum Gasteiger partial charge on any atom is 0.251 e. The van der Waals surface area contributed by atoms with Gasteiger partial charge in [0.25, 0.3) is 5.91 Å². The lowest BCUT2D eigenvalue weighted by atomic mass is 9.97. The number of hydrogen-bond acceptors (Lipinski definition) is 7. The van der Waals surface area contributed by atoms with Crippen LogP contribution in [0.15, 0.2) is 60.7 Å². The lowest BCUT2D eigenvalue weighted by Crippen LogP contribution is -2.30. The minimum Gasteiger partial charge on any atom is -0.392 e. The SMILES string of the molecule is CNc1nc(-c2cccc(CC(=O)c3ccc(C(=O)NC(C)C)cc3)c2)c2cc(CO)c(CO)cc2n1. The predicted molar refractivity (Wildman–Crippen MR) is 143 cm³/mol. The second-order valence-corrected chi connectivity index (χ2v) is 9.11. The summed E-state index contributed by atoms with van der Waals surface area (Å²) in [4.78, 5) is 34.3. The van der Waals surface area contributed by atoms with Gasteiger partial charge in [-0.05, 0) is 60.9 Å². The smallest absolute Gasteiger partial charge is 0.251 e. The van der Waals surface area contributed by atoms with E-state index in [1.54, 1.807) is 43.4 Å². The maximum absolute atomic E-state index is 13.0. The molecule has 0 saturated heterocycles. The van der Waals surface area contributed by atoms with E-state index in [1.165, 1.54) is 0 Å². The third-order valence-corrected chi connectivity index (χ3v) is 6.04. The normalized spacial score (nSPS) is 11.1. The van der Waals surface area contributed by atoms with E-state index in [1.807, 2.05) is 38.1 Å². The van der Waals surface area contributed by atoms with E-state index < -0.39 is 0 Å². The lowest BCUT2D eigenvalue weighted by Gasteiger charge is -2.13. The van der Waals surface area contributed by atoms with Gasteiger partial charge >= 0.3 is 0 Å². The molecule has 0 spiro atoms. The lowest BCUT2D eigenvalue weighted by molar-refractivity contribution is 0.0940. The highest BCUT2D eigenvalue weighted by atomic mass is 16.3. The van der Waals surface area contributed by atoms with E-state index in [0.29, 0.717) is 39.4 Å². The highest BCUT2D eigenvalue weighted by Crippen LogP contribution is 2.30. The molecule has 8 nitrogen and oxygen atoms in total. The van der Waals surface area contributed by atoms with Gasteiger partial charge in [-0.2, -0.15) is 0 Å². The standard InChI is InChI=1S/C29H30N4O4/c1-17(2)31-28(37)20-9-7-19(8-10-20)26(36)12-18-5-4-6-21(11-18)27-24-13-22(15-34)23(16-35)14-25(24)32-29(30-3)33-27/h4-11,13-14,17,34-35H,12,15-16H2,1-3H3,(H,31,37)(H,30,32,33). The molecule has 0 aliphatic carbocycles. The summed E-state index contributed by atoms with van der Waals surface area (Å²) in [6.07, 6.45) is 0.184. The van der Waals surface area contributed by atoms with Crippen molar-refractivity contribution in [1.29, 1.82) is 0 Å². The van der Waals surface area contributed by atoms with Crippen molar-refractivity contribution >= 4 is 28.5 Å². The first-order chi connectivity index (χ1) is 17.8. The Balaban J connectivity index is 1.64. The molecule has 4 rings (SSSR count). The van der Waals surface area contributed by atoms with Crippen LogP contribution in [0.25, 0.3) is 22.2 Å². The number of rotatable bonds is 9. The average molecular weight is 499 g/mol. The number of ketones is 1. The molecule has 37 heavy (non-hydrogen) atoms. The Labute approximate surface area is 215 Å². The molecule has 0 unspecified atom stereocenters. The molecule has 4 N–H and O–H groups in total. The highest BCUT2D eigenvalue weighted by molar-refractivity contribution is 6.00. The van der Waals surface area contributed by atoms with E-state index in [2.05, 4.69) is 20.6 Å². The van der Waals surface area contributed by atoms with Crippen LogP contribution in [0.1, 0.15) is 51.3 Å². The molecule has 1 heterocycles. The number of aliphatic hydroxyl groups excluding tert-OH is 2. The molecule has 0 fully saturated rings. The average Bonchev–Trinajstić information content (AvgIpc) is 2.91. The molecule has 0 aliphatic rings. The van der Waals surface area contributed by atoms with E-state index >= 15 is 0 Å². The number of carbonyl (C=O) groups excluding carboxylic acids is 2. The second kappa shape index (κ2) is 11.3. The van der Waals surface area contributed by atoms with Crippen molar-refractivity contribution in [2.24, 2.45) is 0 Å². The number of Topliss-reactive ketones (excluding diaryl/α,β-unsaturated/α-hetero) is 1. The van der Waals surface area contributed by atoms with Gasteiger partial charge in [-0.25, -0.2) is 9.97 Å². The molecule has 0 bridgehead atoms. The number of aliphatic hydroxyl groups is 2. The van der Waals surface area contributed by atoms with Crippen LogP contribution in [-0.2, 0) is 19.6 Å². The van der Waals surface area contributed by atoms with Gasteiger partial charge in [-0.3, -0.25) is 9.59 Å². The minimum absolute atomic E-state index is 0.0317. The Morgan fingerprint density at radius 3 is 2.22 bits per heavy atom. The van der Waals surface area contributed by atoms with Gasteiger partial charge in [0.2, 0.25) is 5.95 Å². The fraction of sp³-hybridized carbons (Fsp3) is 0.241. The van der Waals surface area contributed by atoms with Crippen LogP contribution in [0.2, 0.25) is 0 Å². The molecule has 0 saturated carbocycles. The van der Waals surface area contributed by atoms with E-state index in [0.717, 1.165) is 16.5 Å². The molecule has 190 valence electrons. The van der Waals surface area contributed by atoms with Gasteiger partial charge in [0, 0.05) is 41.6 Å². The van der Waals surface area contributed by atoms with Crippen LogP contribution in [0.5, 0.6) is 0 Å². The summed E-state index contributed by atoms with van der Waals surface area (Å²) < 4.78 is 0. The number of hydrogen-bond donors (Lipinski definition) is 4. The summed E-state index contributed by atoms with van der Waals surface area (Å²) in [5.41, 5.74) is 5.16. The Kier molecular flexibility index (Phi) is 7.91. The van der Waals surface area contributed by atoms with Gasteiger partial charge in [0.05, 0.1) is 24.4 Å². The van der Waals surface area contributed by atoms with Crippen molar-refractivity contribution in [2.75, 3.05) is 12.4 Å². The summed E-state index contributed by atoms with van der Waals surface area (Å²) in [5.74, 6) is 0.188. The third kappa shape index (κ3) is 5.82. The third-order valence-electron chi connectivity index (χ3n) is 6.04. The fourth-order valence-electron chi connectivity index (χ4n) is 4.16. The topological polar surface area (TPSA) is 124 Å². The largest absolute Gasteiger partial charge is 0.392 e.